The first-order valence-corrected chi connectivity index (χ1v) is 8.50. The lowest BCUT2D eigenvalue weighted by Crippen LogP contribution is -2.27. The first-order valence-electron chi connectivity index (χ1n) is 8.50. The lowest BCUT2D eigenvalue weighted by atomic mass is 10.1. The summed E-state index contributed by atoms with van der Waals surface area (Å²) >= 11 is 0. The summed E-state index contributed by atoms with van der Waals surface area (Å²) in [5.41, 5.74) is -0.192. The molecule has 1 unspecified atom stereocenters. The van der Waals surface area contributed by atoms with Gasteiger partial charge in [0.1, 0.15) is 11.6 Å². The number of nitrogens with one attached hydrogen (secondary N) is 1. The van der Waals surface area contributed by atoms with E-state index in [9.17, 15) is 9.59 Å². The van der Waals surface area contributed by atoms with E-state index in [4.69, 9.17) is 10.00 Å². The van der Waals surface area contributed by atoms with Crippen LogP contribution in [0.1, 0.15) is 18.4 Å². The maximum atomic E-state index is 12.7. The van der Waals surface area contributed by atoms with Crippen molar-refractivity contribution < 1.29 is 4.74 Å². The Bertz CT molecular complexity index is 909. The van der Waals surface area contributed by atoms with E-state index in [1.165, 1.54) is 6.07 Å². The number of rotatable bonds is 6. The van der Waals surface area contributed by atoms with Crippen LogP contribution in [0.5, 0.6) is 0 Å². The van der Waals surface area contributed by atoms with E-state index in [0.29, 0.717) is 23.4 Å². The molecule has 1 N–H and O–H groups in total. The van der Waals surface area contributed by atoms with E-state index in [0.717, 1.165) is 39.1 Å². The summed E-state index contributed by atoms with van der Waals surface area (Å²) in [6, 6.07) is 4.94. The molecule has 0 amide bonds. The van der Waals surface area contributed by atoms with Crippen LogP contribution in [-0.2, 0) is 11.3 Å². The standard InChI is InChI=1S/C18H22N4O3/c1-25-8-2-5-21-6-3-13(11-21)12-22-7-4-16-15(18(22)24)9-14(10-19)17(23)20-16/h4,7,9,13H,2-3,5-6,8,11-12H2,1H3,(H,20,23). The van der Waals surface area contributed by atoms with Crippen LogP contribution in [0.3, 0.4) is 0 Å². The van der Waals surface area contributed by atoms with E-state index in [1.807, 2.05) is 6.07 Å². The lowest BCUT2D eigenvalue weighted by molar-refractivity contribution is 0.178. The molecule has 0 saturated carbocycles. The van der Waals surface area contributed by atoms with Gasteiger partial charge >= 0.3 is 0 Å². The molecule has 0 radical (unpaired) electrons. The third-order valence-electron chi connectivity index (χ3n) is 4.75. The Morgan fingerprint density at radius 1 is 1.44 bits per heavy atom. The molecule has 1 saturated heterocycles. The fraction of sp³-hybridized carbons (Fsp3) is 0.500. The van der Waals surface area contributed by atoms with Gasteiger partial charge in [0, 0.05) is 39.5 Å². The van der Waals surface area contributed by atoms with E-state index < -0.39 is 5.56 Å². The molecule has 1 atom stereocenters. The molecule has 0 spiro atoms. The van der Waals surface area contributed by atoms with Gasteiger partial charge in [-0.1, -0.05) is 0 Å². The molecule has 132 valence electrons. The normalized spacial score (nSPS) is 17.8. The number of methoxy groups -OCH3 is 1. The minimum Gasteiger partial charge on any atom is -0.385 e. The molecule has 2 aromatic heterocycles. The zero-order valence-corrected chi connectivity index (χ0v) is 14.3. The van der Waals surface area contributed by atoms with Crippen molar-refractivity contribution in [1.29, 1.82) is 5.26 Å². The number of nitriles is 1. The molecule has 0 aliphatic carbocycles. The molecule has 1 aliphatic heterocycles. The van der Waals surface area contributed by atoms with Gasteiger partial charge in [0.25, 0.3) is 11.1 Å². The second-order valence-electron chi connectivity index (χ2n) is 6.53. The highest BCUT2D eigenvalue weighted by atomic mass is 16.5. The lowest BCUT2D eigenvalue weighted by Gasteiger charge is -2.16. The van der Waals surface area contributed by atoms with Gasteiger partial charge in [0.2, 0.25) is 0 Å². The second kappa shape index (κ2) is 7.64. The molecule has 1 aliphatic rings. The Labute approximate surface area is 145 Å². The van der Waals surface area contributed by atoms with Crippen molar-refractivity contribution >= 4 is 10.9 Å². The fourth-order valence-corrected chi connectivity index (χ4v) is 3.44. The summed E-state index contributed by atoms with van der Waals surface area (Å²) in [4.78, 5) is 29.4. The molecule has 25 heavy (non-hydrogen) atoms. The quantitative estimate of drug-likeness (QED) is 0.788. The smallest absolute Gasteiger partial charge is 0.266 e. The maximum Gasteiger partial charge on any atom is 0.266 e. The summed E-state index contributed by atoms with van der Waals surface area (Å²) < 4.78 is 6.77. The number of aromatic amines is 1. The predicted molar refractivity (Wildman–Crippen MR) is 94.6 cm³/mol. The van der Waals surface area contributed by atoms with Crippen molar-refractivity contribution in [3.05, 3.63) is 44.6 Å². The molecular formula is C18H22N4O3. The van der Waals surface area contributed by atoms with Crippen molar-refractivity contribution in [2.45, 2.75) is 19.4 Å². The topological polar surface area (TPSA) is 91.1 Å². The fourth-order valence-electron chi connectivity index (χ4n) is 3.44. The number of H-pyrrole nitrogens is 1. The summed E-state index contributed by atoms with van der Waals surface area (Å²) in [5, 5.41) is 9.38. The number of hydrogen-bond donors (Lipinski definition) is 1. The van der Waals surface area contributed by atoms with Crippen LogP contribution < -0.4 is 11.1 Å². The summed E-state index contributed by atoms with van der Waals surface area (Å²) in [5.74, 6) is 0.427. The van der Waals surface area contributed by atoms with Gasteiger partial charge in [-0.15, -0.1) is 0 Å². The molecule has 3 heterocycles. The Hall–Kier alpha value is -2.43. The van der Waals surface area contributed by atoms with E-state index >= 15 is 0 Å². The highest BCUT2D eigenvalue weighted by Gasteiger charge is 2.22. The first-order chi connectivity index (χ1) is 12.1. The van der Waals surface area contributed by atoms with Gasteiger partial charge in [-0.05, 0) is 37.4 Å². The van der Waals surface area contributed by atoms with Gasteiger partial charge in [0.05, 0.1) is 10.9 Å². The van der Waals surface area contributed by atoms with Crippen LogP contribution >= 0.6 is 0 Å². The zero-order valence-electron chi connectivity index (χ0n) is 14.3. The Kier molecular flexibility index (Phi) is 5.31. The monoisotopic (exact) mass is 342 g/mol. The molecule has 0 bridgehead atoms. The SMILES string of the molecule is COCCCN1CCC(Cn2ccc3[nH]c(=O)c(C#N)cc3c2=O)C1. The van der Waals surface area contributed by atoms with Crippen LogP contribution in [0.4, 0.5) is 0 Å². The zero-order chi connectivity index (χ0) is 17.8. The molecule has 2 aromatic rings. The van der Waals surface area contributed by atoms with Crippen molar-refractivity contribution in [3.8, 4) is 6.07 Å². The van der Waals surface area contributed by atoms with Crippen LogP contribution in [0.15, 0.2) is 27.9 Å². The molecule has 1 fully saturated rings. The molecule has 3 rings (SSSR count). The Morgan fingerprint density at radius 2 is 2.28 bits per heavy atom. The summed E-state index contributed by atoms with van der Waals surface area (Å²) in [6.07, 6.45) is 3.80. The number of aromatic nitrogens is 2. The van der Waals surface area contributed by atoms with Crippen molar-refractivity contribution in [1.82, 2.24) is 14.5 Å². The van der Waals surface area contributed by atoms with Crippen LogP contribution in [-0.4, -0.2) is 47.8 Å². The summed E-state index contributed by atoms with van der Waals surface area (Å²) in [6.45, 7) is 4.46. The molecular weight excluding hydrogens is 320 g/mol. The van der Waals surface area contributed by atoms with Gasteiger partial charge in [-0.2, -0.15) is 5.26 Å². The number of hydrogen-bond acceptors (Lipinski definition) is 5. The maximum absolute atomic E-state index is 12.7. The molecule has 7 nitrogen and oxygen atoms in total. The van der Waals surface area contributed by atoms with Crippen LogP contribution in [0.2, 0.25) is 0 Å². The third-order valence-corrected chi connectivity index (χ3v) is 4.75. The van der Waals surface area contributed by atoms with Crippen LogP contribution in [0, 0.1) is 17.2 Å². The van der Waals surface area contributed by atoms with Gasteiger partial charge in [-0.3, -0.25) is 9.59 Å². The predicted octanol–water partition coefficient (Wildman–Crippen LogP) is 0.920. The van der Waals surface area contributed by atoms with E-state index in [-0.39, 0.29) is 11.1 Å². The largest absolute Gasteiger partial charge is 0.385 e. The second-order valence-corrected chi connectivity index (χ2v) is 6.53. The van der Waals surface area contributed by atoms with Crippen molar-refractivity contribution in [2.24, 2.45) is 5.92 Å². The van der Waals surface area contributed by atoms with E-state index in [2.05, 4.69) is 9.88 Å². The average Bonchev–Trinajstić information content (AvgIpc) is 3.05. The van der Waals surface area contributed by atoms with Crippen molar-refractivity contribution in [2.75, 3.05) is 33.4 Å². The molecule has 0 aromatic carbocycles. The van der Waals surface area contributed by atoms with Gasteiger partial charge < -0.3 is 19.2 Å². The number of fused-ring (bicyclic) bond motifs is 1. The third kappa shape index (κ3) is 3.81. The van der Waals surface area contributed by atoms with Crippen LogP contribution in [0.25, 0.3) is 10.9 Å². The van der Waals surface area contributed by atoms with Gasteiger partial charge in [-0.25, -0.2) is 0 Å². The van der Waals surface area contributed by atoms with Gasteiger partial charge in [0.15, 0.2) is 0 Å². The number of ether oxygens (including phenoxy) is 1. The van der Waals surface area contributed by atoms with Crippen molar-refractivity contribution in [3.63, 3.8) is 0 Å². The summed E-state index contributed by atoms with van der Waals surface area (Å²) in [7, 11) is 1.71. The number of pyridine rings is 2. The number of likely N-dealkylation sites (tertiary alicyclic amines) is 1. The first kappa shape index (κ1) is 17.4. The Balaban J connectivity index is 1.76. The van der Waals surface area contributed by atoms with E-state index in [1.54, 1.807) is 23.9 Å². The Morgan fingerprint density at radius 3 is 3.04 bits per heavy atom. The molecule has 7 heteroatoms. The minimum atomic E-state index is -0.463. The highest BCUT2D eigenvalue weighted by molar-refractivity contribution is 5.78. The number of nitrogens with zero attached hydrogens (tertiary/aromatic N) is 3. The highest BCUT2D eigenvalue weighted by Crippen LogP contribution is 2.18. The minimum absolute atomic E-state index is 0.0347. The average molecular weight is 342 g/mol.